The molecule has 22 heavy (non-hydrogen) atoms. The Morgan fingerprint density at radius 1 is 1.27 bits per heavy atom. The second-order valence-corrected chi connectivity index (χ2v) is 3.77. The van der Waals surface area contributed by atoms with Gasteiger partial charge in [0.25, 0.3) is 0 Å². The molecule has 1 atom stereocenters. The predicted octanol–water partition coefficient (Wildman–Crippen LogP) is 2.83. The Labute approximate surface area is 122 Å². The fraction of sp³-hybridized carbons (Fsp3) is 0.545. The van der Waals surface area contributed by atoms with E-state index in [-0.39, 0.29) is 6.54 Å². The molecule has 0 aliphatic rings. The van der Waals surface area contributed by atoms with Crippen molar-refractivity contribution in [3.05, 3.63) is 12.0 Å². The third-order valence-corrected chi connectivity index (χ3v) is 1.87. The maximum Gasteiger partial charge on any atom is 0.572 e. The number of alkyl halides is 6. The molecule has 1 unspecified atom stereocenters. The van der Waals surface area contributed by atoms with E-state index in [1.807, 2.05) is 0 Å². The normalized spacial score (nSPS) is 16.0. The molecule has 0 bridgehead atoms. The highest BCUT2D eigenvalue weighted by Gasteiger charge is 2.35. The lowest BCUT2D eigenvalue weighted by Crippen LogP contribution is -2.27. The van der Waals surface area contributed by atoms with Crippen molar-refractivity contribution in [2.45, 2.75) is 31.9 Å². The number of ether oxygens (including phenoxy) is 1. The van der Waals surface area contributed by atoms with E-state index >= 15 is 0 Å². The highest BCUT2D eigenvalue weighted by atomic mass is 19.4. The van der Waals surface area contributed by atoms with Gasteiger partial charge in [0, 0.05) is 25.2 Å². The summed E-state index contributed by atoms with van der Waals surface area (Å²) in [5.41, 5.74) is 5.39. The van der Waals surface area contributed by atoms with Crippen molar-refractivity contribution in [2.75, 3.05) is 6.54 Å². The number of aliphatic imine (C=N–C) groups is 3. The first kappa shape index (κ1) is 20.1. The molecule has 0 aliphatic carbocycles. The Morgan fingerprint density at radius 3 is 2.27 bits per heavy atom. The number of hydrogen-bond donors (Lipinski definition) is 1. The van der Waals surface area contributed by atoms with Gasteiger partial charge in [-0.2, -0.15) is 13.2 Å². The minimum absolute atomic E-state index is 0.163. The lowest BCUT2D eigenvalue weighted by atomic mass is 10.2. The topological polar surface area (TPSA) is 72.3 Å². The summed E-state index contributed by atoms with van der Waals surface area (Å²) in [6.45, 7) is 4.16. The first-order chi connectivity index (χ1) is 9.99. The Bertz CT molecular complexity index is 452. The molecule has 0 amide bonds. The van der Waals surface area contributed by atoms with Crippen molar-refractivity contribution in [2.24, 2.45) is 20.7 Å². The molecule has 126 valence electrons. The van der Waals surface area contributed by atoms with E-state index in [1.165, 1.54) is 6.92 Å². The van der Waals surface area contributed by atoms with Crippen LogP contribution in [0, 0.1) is 0 Å². The van der Waals surface area contributed by atoms with Crippen LogP contribution in [-0.4, -0.2) is 43.9 Å². The average Bonchev–Trinajstić information content (AvgIpc) is 2.31. The van der Waals surface area contributed by atoms with E-state index in [0.29, 0.717) is 12.4 Å². The van der Waals surface area contributed by atoms with Crippen LogP contribution in [0.25, 0.3) is 0 Å². The van der Waals surface area contributed by atoms with Crippen molar-refractivity contribution in [3.63, 3.8) is 0 Å². The standard InChI is InChI=1S/C11H14F6N4O/c1-3-20-9(10(12,13)14)21-5-7(18)4-8(6-19-2)22-11(15,16)17/h5-7H,2-4,18H2,1H3/b8-6+,20-9?,21-5?. The smallest absolute Gasteiger partial charge is 0.409 e. The zero-order chi connectivity index (χ0) is 17.4. The van der Waals surface area contributed by atoms with Crippen LogP contribution in [0.1, 0.15) is 13.3 Å². The van der Waals surface area contributed by atoms with E-state index in [1.54, 1.807) is 0 Å². The zero-order valence-electron chi connectivity index (χ0n) is 11.4. The van der Waals surface area contributed by atoms with Gasteiger partial charge in [-0.15, -0.1) is 13.2 Å². The fourth-order valence-electron chi connectivity index (χ4n) is 1.18. The first-order valence-electron chi connectivity index (χ1n) is 5.81. The van der Waals surface area contributed by atoms with Gasteiger partial charge in [0.05, 0.1) is 6.20 Å². The minimum atomic E-state index is -4.98. The maximum absolute atomic E-state index is 12.5. The van der Waals surface area contributed by atoms with Gasteiger partial charge in [0.1, 0.15) is 5.76 Å². The van der Waals surface area contributed by atoms with Gasteiger partial charge in [0.2, 0.25) is 5.84 Å². The number of amidine groups is 1. The molecule has 0 saturated heterocycles. The monoisotopic (exact) mass is 332 g/mol. The number of hydrogen-bond acceptors (Lipinski definition) is 4. The summed E-state index contributed by atoms with van der Waals surface area (Å²) in [5, 5.41) is 0. The molecule has 0 fully saturated rings. The summed E-state index contributed by atoms with van der Waals surface area (Å²) in [6, 6.07) is -1.26. The summed E-state index contributed by atoms with van der Waals surface area (Å²) in [7, 11) is 0. The van der Waals surface area contributed by atoms with Gasteiger partial charge in [-0.1, -0.05) is 0 Å². The SMILES string of the molecule is C=N/C=C(\CC(N)C=NC(=NCC)C(F)(F)F)OC(F)(F)F. The molecule has 5 nitrogen and oxygen atoms in total. The van der Waals surface area contributed by atoms with Gasteiger partial charge in [-0.05, 0) is 13.6 Å². The lowest BCUT2D eigenvalue weighted by molar-refractivity contribution is -0.306. The number of nitrogens with zero attached hydrogens (tertiary/aromatic N) is 3. The van der Waals surface area contributed by atoms with Crippen molar-refractivity contribution >= 4 is 18.8 Å². The highest BCUT2D eigenvalue weighted by molar-refractivity contribution is 5.94. The maximum atomic E-state index is 12.5. The Balaban J connectivity index is 4.93. The minimum Gasteiger partial charge on any atom is -0.409 e. The Hall–Kier alpha value is -1.91. The number of rotatable bonds is 6. The summed E-state index contributed by atoms with van der Waals surface area (Å²) in [6.07, 6.45) is -9.03. The van der Waals surface area contributed by atoms with Crippen LogP contribution in [0.4, 0.5) is 26.3 Å². The molecule has 0 aromatic rings. The Kier molecular flexibility index (Phi) is 7.77. The molecule has 0 saturated carbocycles. The van der Waals surface area contributed by atoms with Crippen molar-refractivity contribution < 1.29 is 31.1 Å². The number of halogens is 6. The summed E-state index contributed by atoms with van der Waals surface area (Å²) >= 11 is 0. The van der Waals surface area contributed by atoms with Crippen molar-refractivity contribution in [3.8, 4) is 0 Å². The molecular weight excluding hydrogens is 318 g/mol. The van der Waals surface area contributed by atoms with Gasteiger partial charge in [-0.25, -0.2) is 4.99 Å². The fourth-order valence-corrected chi connectivity index (χ4v) is 1.18. The van der Waals surface area contributed by atoms with Gasteiger partial charge < -0.3 is 10.5 Å². The van der Waals surface area contributed by atoms with E-state index in [2.05, 4.69) is 26.4 Å². The molecule has 0 rings (SSSR count). The molecule has 0 aromatic heterocycles. The van der Waals surface area contributed by atoms with Crippen LogP contribution in [0.15, 0.2) is 26.9 Å². The quantitative estimate of drug-likeness (QED) is 0.352. The van der Waals surface area contributed by atoms with Gasteiger partial charge >= 0.3 is 12.5 Å². The average molecular weight is 332 g/mol. The van der Waals surface area contributed by atoms with Crippen LogP contribution in [0.5, 0.6) is 0 Å². The third-order valence-electron chi connectivity index (χ3n) is 1.87. The molecule has 2 N–H and O–H groups in total. The molecular formula is C11H14F6N4O. The van der Waals surface area contributed by atoms with Gasteiger partial charge in [0.15, 0.2) is 0 Å². The van der Waals surface area contributed by atoms with Crippen LogP contribution in [-0.2, 0) is 4.74 Å². The van der Waals surface area contributed by atoms with Crippen molar-refractivity contribution in [1.82, 2.24) is 0 Å². The first-order valence-corrected chi connectivity index (χ1v) is 5.81. The van der Waals surface area contributed by atoms with E-state index in [0.717, 1.165) is 0 Å². The number of nitrogens with two attached hydrogens (primary N) is 1. The summed E-state index contributed by atoms with van der Waals surface area (Å²) < 4.78 is 77.3. The highest BCUT2D eigenvalue weighted by Crippen LogP contribution is 2.23. The Morgan fingerprint density at radius 2 is 1.86 bits per heavy atom. The second kappa shape index (κ2) is 8.51. The lowest BCUT2D eigenvalue weighted by Gasteiger charge is -2.14. The molecule has 0 spiro atoms. The zero-order valence-corrected chi connectivity index (χ0v) is 11.4. The van der Waals surface area contributed by atoms with E-state index in [9.17, 15) is 26.3 Å². The molecule has 0 aromatic carbocycles. The van der Waals surface area contributed by atoms with E-state index < -0.39 is 36.6 Å². The van der Waals surface area contributed by atoms with Crippen LogP contribution in [0.2, 0.25) is 0 Å². The van der Waals surface area contributed by atoms with Crippen molar-refractivity contribution in [1.29, 1.82) is 0 Å². The van der Waals surface area contributed by atoms with Crippen LogP contribution >= 0.6 is 0 Å². The largest absolute Gasteiger partial charge is 0.572 e. The van der Waals surface area contributed by atoms with E-state index in [4.69, 9.17) is 5.73 Å². The van der Waals surface area contributed by atoms with Gasteiger partial charge in [-0.3, -0.25) is 9.98 Å². The van der Waals surface area contributed by atoms with Crippen LogP contribution < -0.4 is 5.73 Å². The predicted molar refractivity (Wildman–Crippen MR) is 69.9 cm³/mol. The summed E-state index contributed by atoms with van der Waals surface area (Å²) in [4.78, 5) is 9.28. The molecule has 0 aliphatic heterocycles. The second-order valence-electron chi connectivity index (χ2n) is 3.77. The molecule has 11 heteroatoms. The third kappa shape index (κ3) is 9.10. The van der Waals surface area contributed by atoms with Crippen LogP contribution in [0.3, 0.4) is 0 Å². The molecule has 0 radical (unpaired) electrons. The molecule has 0 heterocycles. The summed E-state index contributed by atoms with van der Waals surface area (Å²) in [5.74, 6) is -2.13.